The van der Waals surface area contributed by atoms with Crippen LogP contribution >= 0.6 is 11.3 Å². The lowest BCUT2D eigenvalue weighted by Crippen LogP contribution is -2.61. The van der Waals surface area contributed by atoms with E-state index in [2.05, 4.69) is 10.3 Å². The molecule has 7 nitrogen and oxygen atoms in total. The third-order valence-corrected chi connectivity index (χ3v) is 7.51. The lowest BCUT2D eigenvalue weighted by Gasteiger charge is -2.44. The molecule has 2 aromatic carbocycles. The van der Waals surface area contributed by atoms with Crippen LogP contribution in [0.4, 0.5) is 15.8 Å². The molecular formula is C25H22FN3O4S. The molecule has 1 fully saturated rings. The van der Waals surface area contributed by atoms with E-state index in [1.807, 2.05) is 6.07 Å². The molecule has 174 valence electrons. The number of para-hydroxylation sites is 2. The second-order valence-electron chi connectivity index (χ2n) is 8.46. The highest BCUT2D eigenvalue weighted by Gasteiger charge is 2.52. The summed E-state index contributed by atoms with van der Waals surface area (Å²) in [6.45, 7) is 1.19. The monoisotopic (exact) mass is 479 g/mol. The van der Waals surface area contributed by atoms with Crippen molar-refractivity contribution in [3.05, 3.63) is 64.9 Å². The molecule has 1 aliphatic heterocycles. The second-order valence-corrected chi connectivity index (χ2v) is 9.45. The zero-order chi connectivity index (χ0) is 23.9. The van der Waals surface area contributed by atoms with Crippen molar-refractivity contribution in [3.8, 4) is 10.6 Å². The van der Waals surface area contributed by atoms with Crippen molar-refractivity contribution >= 4 is 40.5 Å². The molecule has 1 spiro atoms. The highest BCUT2D eigenvalue weighted by molar-refractivity contribution is 7.17. The van der Waals surface area contributed by atoms with E-state index < -0.39 is 24.0 Å². The molecule has 2 amide bonds. The van der Waals surface area contributed by atoms with Crippen LogP contribution in [0.1, 0.15) is 41.0 Å². The van der Waals surface area contributed by atoms with E-state index in [-0.39, 0.29) is 16.6 Å². The topological polar surface area (TPSA) is 88.6 Å². The van der Waals surface area contributed by atoms with Crippen LogP contribution in [-0.2, 0) is 14.3 Å². The van der Waals surface area contributed by atoms with E-state index in [1.165, 1.54) is 17.0 Å². The number of ether oxygens (including phenoxy) is 1. The summed E-state index contributed by atoms with van der Waals surface area (Å²) in [6, 6.07) is 13.0. The number of anilines is 2. The maximum Gasteiger partial charge on any atom is 0.350 e. The van der Waals surface area contributed by atoms with E-state index in [9.17, 15) is 18.8 Å². The fourth-order valence-electron chi connectivity index (χ4n) is 4.69. The number of halogens is 1. The van der Waals surface area contributed by atoms with Crippen molar-refractivity contribution in [1.29, 1.82) is 0 Å². The molecule has 5 rings (SSSR count). The van der Waals surface area contributed by atoms with E-state index in [0.29, 0.717) is 40.5 Å². The highest BCUT2D eigenvalue weighted by atomic mass is 32.1. The van der Waals surface area contributed by atoms with Gasteiger partial charge in [0.2, 0.25) is 0 Å². The Kier molecular flexibility index (Phi) is 5.65. The molecule has 2 aliphatic rings. The number of benzene rings is 2. The van der Waals surface area contributed by atoms with Crippen LogP contribution in [0.2, 0.25) is 0 Å². The Bertz CT molecular complexity index is 1280. The molecular weight excluding hydrogens is 457 g/mol. The number of aromatic nitrogens is 1. The van der Waals surface area contributed by atoms with Gasteiger partial charge in [-0.15, -0.1) is 11.3 Å². The van der Waals surface area contributed by atoms with Gasteiger partial charge in [0.05, 0.1) is 17.1 Å². The first kappa shape index (κ1) is 22.2. The number of amides is 2. The van der Waals surface area contributed by atoms with Crippen LogP contribution in [0.25, 0.3) is 10.6 Å². The van der Waals surface area contributed by atoms with E-state index >= 15 is 0 Å². The van der Waals surface area contributed by atoms with Gasteiger partial charge in [-0.2, -0.15) is 0 Å². The third-order valence-electron chi connectivity index (χ3n) is 6.32. The third kappa shape index (κ3) is 3.75. The molecule has 2 heterocycles. The number of hydrogen-bond acceptors (Lipinski definition) is 6. The quantitative estimate of drug-likeness (QED) is 0.548. The van der Waals surface area contributed by atoms with Crippen LogP contribution in [0, 0.1) is 12.7 Å². The van der Waals surface area contributed by atoms with Gasteiger partial charge in [-0.3, -0.25) is 14.5 Å². The number of nitrogens with zero attached hydrogens (tertiary/aromatic N) is 2. The molecule has 1 saturated carbocycles. The Balaban J connectivity index is 1.36. The molecule has 0 radical (unpaired) electrons. The summed E-state index contributed by atoms with van der Waals surface area (Å²) >= 11 is 1.12. The van der Waals surface area contributed by atoms with Gasteiger partial charge in [0, 0.05) is 5.56 Å². The van der Waals surface area contributed by atoms with Crippen LogP contribution in [0.3, 0.4) is 0 Å². The maximum absolute atomic E-state index is 13.4. The molecule has 0 saturated heterocycles. The van der Waals surface area contributed by atoms with E-state index in [1.54, 1.807) is 37.3 Å². The first-order chi connectivity index (χ1) is 16.4. The maximum atomic E-state index is 13.4. The predicted molar refractivity (Wildman–Crippen MR) is 126 cm³/mol. The van der Waals surface area contributed by atoms with Crippen molar-refractivity contribution in [2.45, 2.75) is 38.1 Å². The van der Waals surface area contributed by atoms with Gasteiger partial charge in [-0.1, -0.05) is 25.0 Å². The Hall–Kier alpha value is -3.59. The average Bonchev–Trinajstić information content (AvgIpc) is 3.46. The molecule has 3 aromatic rings. The first-order valence-electron chi connectivity index (χ1n) is 11.0. The number of rotatable bonds is 4. The van der Waals surface area contributed by atoms with Gasteiger partial charge in [-0.25, -0.2) is 14.2 Å². The van der Waals surface area contributed by atoms with Crippen molar-refractivity contribution in [2.75, 3.05) is 16.8 Å². The standard InChI is InChI=1S/C25H22FN3O4S/c1-15-21(34-22(27-15)16-8-10-17(26)11-9-16)23(31)33-14-20(30)29-19-7-3-2-6-18(19)28-24(32)25(29)12-4-5-13-25/h2-3,6-11H,4-5,12-14H2,1H3,(H,28,32). The van der Waals surface area contributed by atoms with Crippen molar-refractivity contribution in [2.24, 2.45) is 0 Å². The Morgan fingerprint density at radius 2 is 1.85 bits per heavy atom. The Morgan fingerprint density at radius 1 is 1.15 bits per heavy atom. The zero-order valence-electron chi connectivity index (χ0n) is 18.5. The molecule has 0 bridgehead atoms. The molecule has 34 heavy (non-hydrogen) atoms. The highest BCUT2D eigenvalue weighted by Crippen LogP contribution is 2.45. The molecule has 1 aromatic heterocycles. The summed E-state index contributed by atoms with van der Waals surface area (Å²) in [6.07, 6.45) is 2.79. The van der Waals surface area contributed by atoms with Crippen LogP contribution in [0.15, 0.2) is 48.5 Å². The zero-order valence-corrected chi connectivity index (χ0v) is 19.3. The van der Waals surface area contributed by atoms with E-state index in [0.717, 1.165) is 24.2 Å². The minimum atomic E-state index is -0.964. The number of aryl methyl sites for hydroxylation is 1. The predicted octanol–water partition coefficient (Wildman–Crippen LogP) is 4.71. The minimum absolute atomic E-state index is 0.203. The summed E-state index contributed by atoms with van der Waals surface area (Å²) in [5, 5.41) is 3.48. The summed E-state index contributed by atoms with van der Waals surface area (Å²) in [7, 11) is 0. The van der Waals surface area contributed by atoms with Gasteiger partial charge >= 0.3 is 5.97 Å². The molecule has 0 atom stereocenters. The van der Waals surface area contributed by atoms with Gasteiger partial charge in [0.15, 0.2) is 6.61 Å². The fraction of sp³-hybridized carbons (Fsp3) is 0.280. The van der Waals surface area contributed by atoms with Gasteiger partial charge in [-0.05, 0) is 56.2 Å². The summed E-state index contributed by atoms with van der Waals surface area (Å²) in [4.78, 5) is 45.4. The number of carbonyl (C=O) groups excluding carboxylic acids is 3. The molecule has 1 aliphatic carbocycles. The molecule has 9 heteroatoms. The largest absolute Gasteiger partial charge is 0.451 e. The molecule has 0 unspecified atom stereocenters. The number of carbonyl (C=O) groups is 3. The number of esters is 1. The van der Waals surface area contributed by atoms with Crippen LogP contribution in [-0.4, -0.2) is 34.9 Å². The van der Waals surface area contributed by atoms with Crippen molar-refractivity contribution in [3.63, 3.8) is 0 Å². The SMILES string of the molecule is Cc1nc(-c2ccc(F)cc2)sc1C(=O)OCC(=O)N1c2ccccc2NC(=O)C12CCCC2. The first-order valence-corrected chi connectivity index (χ1v) is 11.8. The lowest BCUT2D eigenvalue weighted by atomic mass is 9.90. The number of thiazole rings is 1. The lowest BCUT2D eigenvalue weighted by molar-refractivity contribution is -0.129. The molecule has 1 N–H and O–H groups in total. The average molecular weight is 480 g/mol. The van der Waals surface area contributed by atoms with Crippen molar-refractivity contribution in [1.82, 2.24) is 4.98 Å². The number of nitrogens with one attached hydrogen (secondary N) is 1. The van der Waals surface area contributed by atoms with Gasteiger partial charge < -0.3 is 10.1 Å². The normalized spacial score (nSPS) is 16.3. The smallest absolute Gasteiger partial charge is 0.350 e. The van der Waals surface area contributed by atoms with Gasteiger partial charge in [0.1, 0.15) is 21.2 Å². The summed E-state index contributed by atoms with van der Waals surface area (Å²) < 4.78 is 18.6. The van der Waals surface area contributed by atoms with Crippen LogP contribution < -0.4 is 10.2 Å². The Labute approximate surface area is 199 Å². The summed E-state index contributed by atoms with van der Waals surface area (Å²) in [5.74, 6) is -1.67. The second kappa shape index (κ2) is 8.64. The van der Waals surface area contributed by atoms with Crippen LogP contribution in [0.5, 0.6) is 0 Å². The number of hydrogen-bond donors (Lipinski definition) is 1. The number of fused-ring (bicyclic) bond motifs is 1. The minimum Gasteiger partial charge on any atom is -0.451 e. The van der Waals surface area contributed by atoms with E-state index in [4.69, 9.17) is 4.74 Å². The fourth-order valence-corrected chi connectivity index (χ4v) is 5.65. The Morgan fingerprint density at radius 3 is 2.59 bits per heavy atom. The summed E-state index contributed by atoms with van der Waals surface area (Å²) in [5.41, 5.74) is 1.36. The van der Waals surface area contributed by atoms with Gasteiger partial charge in [0.25, 0.3) is 11.8 Å². The van der Waals surface area contributed by atoms with Crippen molar-refractivity contribution < 1.29 is 23.5 Å².